The third-order valence-corrected chi connectivity index (χ3v) is 11.1. The maximum atomic E-state index is 6.59. The van der Waals surface area contributed by atoms with E-state index in [9.17, 15) is 0 Å². The van der Waals surface area contributed by atoms with Crippen LogP contribution in [-0.4, -0.2) is 0 Å². The molecule has 0 saturated carbocycles. The van der Waals surface area contributed by atoms with Crippen LogP contribution in [0.25, 0.3) is 110 Å². The third kappa shape index (κ3) is 4.51. The summed E-state index contributed by atoms with van der Waals surface area (Å²) < 4.78 is 6.59. The molecule has 0 unspecified atom stereocenters. The smallest absolute Gasteiger partial charge is 0.143 e. The lowest BCUT2D eigenvalue weighted by molar-refractivity contribution is 0.670. The van der Waals surface area contributed by atoms with E-state index in [1.165, 1.54) is 76.5 Å². The summed E-state index contributed by atoms with van der Waals surface area (Å²) in [6.45, 7) is 0. The monoisotopic (exact) mass is 672 g/mol. The first-order valence-corrected chi connectivity index (χ1v) is 18.3. The van der Waals surface area contributed by atoms with Crippen molar-refractivity contribution in [2.24, 2.45) is 0 Å². The van der Waals surface area contributed by atoms with Gasteiger partial charge in [-0.1, -0.05) is 182 Å². The maximum Gasteiger partial charge on any atom is 0.143 e. The van der Waals surface area contributed by atoms with Crippen molar-refractivity contribution in [2.75, 3.05) is 0 Å². The van der Waals surface area contributed by atoms with E-state index in [1.54, 1.807) is 0 Å². The van der Waals surface area contributed by atoms with Gasteiger partial charge in [0.05, 0.1) is 0 Å². The highest BCUT2D eigenvalue weighted by molar-refractivity contribution is 6.25. The predicted molar refractivity (Wildman–Crippen MR) is 225 cm³/mol. The van der Waals surface area contributed by atoms with Crippen LogP contribution in [0.4, 0.5) is 0 Å². The van der Waals surface area contributed by atoms with Gasteiger partial charge in [0.25, 0.3) is 0 Å². The molecule has 11 rings (SSSR count). The van der Waals surface area contributed by atoms with Gasteiger partial charge in [-0.25, -0.2) is 0 Å². The summed E-state index contributed by atoms with van der Waals surface area (Å²) in [4.78, 5) is 0. The summed E-state index contributed by atoms with van der Waals surface area (Å²) in [6.07, 6.45) is 0. The molecule has 0 spiro atoms. The van der Waals surface area contributed by atoms with Crippen LogP contribution in [0.2, 0.25) is 0 Å². The van der Waals surface area contributed by atoms with Gasteiger partial charge in [-0.15, -0.1) is 0 Å². The average molecular weight is 673 g/mol. The molecule has 10 aromatic carbocycles. The number of hydrogen-bond donors (Lipinski definition) is 0. The zero-order valence-corrected chi connectivity index (χ0v) is 28.9. The van der Waals surface area contributed by atoms with Crippen LogP contribution in [0.15, 0.2) is 199 Å². The van der Waals surface area contributed by atoms with Crippen LogP contribution in [-0.2, 0) is 0 Å². The average Bonchev–Trinajstić information content (AvgIpc) is 3.62. The van der Waals surface area contributed by atoms with Gasteiger partial charge in [-0.3, -0.25) is 0 Å². The predicted octanol–water partition coefficient (Wildman–Crippen LogP) is 14.9. The zero-order valence-electron chi connectivity index (χ0n) is 28.9. The van der Waals surface area contributed by atoms with Crippen molar-refractivity contribution in [1.82, 2.24) is 0 Å². The first-order valence-electron chi connectivity index (χ1n) is 18.3. The molecule has 0 aliphatic heterocycles. The SMILES string of the molecule is c1ccc(-c2cc3ccccc3c3ccccc23)c(-c2c3ccccc3c(-c3ccccc3-c3cccc4c3oc3ccccc34)c3ccccc23)c1. The Balaban J connectivity index is 1.22. The number of hydrogen-bond acceptors (Lipinski definition) is 1. The fourth-order valence-electron chi connectivity index (χ4n) is 8.82. The Morgan fingerprint density at radius 3 is 1.28 bits per heavy atom. The van der Waals surface area contributed by atoms with E-state index < -0.39 is 0 Å². The van der Waals surface area contributed by atoms with Crippen LogP contribution < -0.4 is 0 Å². The number of para-hydroxylation sites is 2. The molecular formula is C52H32O. The molecule has 1 heteroatoms. The Morgan fingerprint density at radius 1 is 0.245 bits per heavy atom. The summed E-state index contributed by atoms with van der Waals surface area (Å²) in [5.41, 5.74) is 11.5. The Labute approximate surface area is 307 Å². The van der Waals surface area contributed by atoms with Crippen molar-refractivity contribution in [3.63, 3.8) is 0 Å². The molecule has 1 aromatic heterocycles. The minimum Gasteiger partial charge on any atom is -0.455 e. The van der Waals surface area contributed by atoms with Crippen LogP contribution in [0.3, 0.4) is 0 Å². The van der Waals surface area contributed by atoms with E-state index >= 15 is 0 Å². The van der Waals surface area contributed by atoms with Crippen molar-refractivity contribution >= 4 is 65.0 Å². The van der Waals surface area contributed by atoms with Gasteiger partial charge in [-0.2, -0.15) is 0 Å². The van der Waals surface area contributed by atoms with Crippen molar-refractivity contribution in [2.45, 2.75) is 0 Å². The van der Waals surface area contributed by atoms with Crippen LogP contribution >= 0.6 is 0 Å². The first-order chi connectivity index (χ1) is 26.3. The molecule has 0 aliphatic carbocycles. The van der Waals surface area contributed by atoms with E-state index in [0.29, 0.717) is 0 Å². The van der Waals surface area contributed by atoms with Crippen LogP contribution in [0.1, 0.15) is 0 Å². The fraction of sp³-hybridized carbons (Fsp3) is 0. The van der Waals surface area contributed by atoms with Gasteiger partial charge in [0.2, 0.25) is 0 Å². The summed E-state index contributed by atoms with van der Waals surface area (Å²) in [5.74, 6) is 0. The molecule has 0 bridgehead atoms. The fourth-order valence-corrected chi connectivity index (χ4v) is 8.82. The van der Waals surface area contributed by atoms with Gasteiger partial charge in [0, 0.05) is 16.3 Å². The number of rotatable bonds is 4. The molecule has 0 radical (unpaired) electrons. The Hall–Kier alpha value is -6.96. The van der Waals surface area contributed by atoms with Gasteiger partial charge in [-0.05, 0) is 94.2 Å². The lowest BCUT2D eigenvalue weighted by Crippen LogP contribution is -1.94. The van der Waals surface area contributed by atoms with E-state index in [0.717, 1.165) is 33.1 Å². The highest BCUT2D eigenvalue weighted by Crippen LogP contribution is 2.49. The molecule has 1 heterocycles. The quantitative estimate of drug-likeness (QED) is 0.134. The standard InChI is InChI=1S/C52H32O/c1-2-17-34-33(16-1)32-48(36-19-4-3-18-35(34)36)38-21-6-8-24-41(38)51-44-27-11-9-25-42(44)50(43-26-10-12-28-45(43)51)40-23-7-5-20-37(40)46-29-15-30-47-39-22-13-14-31-49(39)53-52(46)47/h1-32H. The second kappa shape index (κ2) is 11.8. The molecule has 0 aliphatic rings. The second-order valence-corrected chi connectivity index (χ2v) is 13.9. The van der Waals surface area contributed by atoms with Crippen molar-refractivity contribution < 1.29 is 4.42 Å². The molecule has 0 amide bonds. The molecule has 1 nitrogen and oxygen atoms in total. The molecule has 0 atom stereocenters. The zero-order chi connectivity index (χ0) is 34.9. The molecule has 0 N–H and O–H groups in total. The minimum absolute atomic E-state index is 0.908. The lowest BCUT2D eigenvalue weighted by Gasteiger charge is -2.21. The topological polar surface area (TPSA) is 13.1 Å². The first kappa shape index (κ1) is 29.7. The van der Waals surface area contributed by atoms with E-state index in [1.807, 2.05) is 6.07 Å². The number of benzene rings is 10. The molecule has 53 heavy (non-hydrogen) atoms. The molecule has 0 fully saturated rings. The van der Waals surface area contributed by atoms with Gasteiger partial charge >= 0.3 is 0 Å². The summed E-state index contributed by atoms with van der Waals surface area (Å²) in [6, 6.07) is 70.5. The molecule has 246 valence electrons. The minimum atomic E-state index is 0.908. The summed E-state index contributed by atoms with van der Waals surface area (Å²) in [5, 5.41) is 12.3. The molecular weight excluding hydrogens is 641 g/mol. The van der Waals surface area contributed by atoms with Crippen molar-refractivity contribution in [3.05, 3.63) is 194 Å². The Kier molecular flexibility index (Phi) is 6.62. The largest absolute Gasteiger partial charge is 0.455 e. The normalized spacial score (nSPS) is 11.8. The third-order valence-electron chi connectivity index (χ3n) is 11.1. The van der Waals surface area contributed by atoms with Crippen molar-refractivity contribution in [3.8, 4) is 44.5 Å². The number of fused-ring (bicyclic) bond motifs is 8. The molecule has 11 aromatic rings. The summed E-state index contributed by atoms with van der Waals surface area (Å²) in [7, 11) is 0. The lowest BCUT2D eigenvalue weighted by atomic mass is 9.81. The molecule has 0 saturated heterocycles. The van der Waals surface area contributed by atoms with E-state index in [4.69, 9.17) is 4.42 Å². The van der Waals surface area contributed by atoms with Gasteiger partial charge in [0.1, 0.15) is 11.2 Å². The van der Waals surface area contributed by atoms with E-state index in [-0.39, 0.29) is 0 Å². The number of furan rings is 1. The van der Waals surface area contributed by atoms with Gasteiger partial charge in [0.15, 0.2) is 0 Å². The Morgan fingerprint density at radius 2 is 0.660 bits per heavy atom. The van der Waals surface area contributed by atoms with Crippen LogP contribution in [0.5, 0.6) is 0 Å². The Bertz CT molecular complexity index is 3180. The summed E-state index contributed by atoms with van der Waals surface area (Å²) >= 11 is 0. The maximum absolute atomic E-state index is 6.59. The van der Waals surface area contributed by atoms with Crippen LogP contribution in [0, 0.1) is 0 Å². The highest BCUT2D eigenvalue weighted by Gasteiger charge is 2.22. The highest BCUT2D eigenvalue weighted by atomic mass is 16.3. The van der Waals surface area contributed by atoms with E-state index in [2.05, 4.69) is 188 Å². The second-order valence-electron chi connectivity index (χ2n) is 13.9. The van der Waals surface area contributed by atoms with Gasteiger partial charge < -0.3 is 4.42 Å². The van der Waals surface area contributed by atoms with Crippen molar-refractivity contribution in [1.29, 1.82) is 0 Å².